The average molecular weight is 700 g/mol. The van der Waals surface area contributed by atoms with Gasteiger partial charge in [-0.1, -0.05) is 85.1 Å². The second-order valence-corrected chi connectivity index (χ2v) is 15.0. The SMILES string of the molecule is CCOc1ccccc1N(CC(=O)N(Cc1cccc(C)c1)[C@H](Cc1ccccc1)C(=O)NC1CCCC1)S(=O)(=O)c1ccc(SC)cc1. The van der Waals surface area contributed by atoms with Gasteiger partial charge in [-0.3, -0.25) is 13.9 Å². The summed E-state index contributed by atoms with van der Waals surface area (Å²) in [6.07, 6.45) is 6.07. The fraction of sp³-hybridized carbons (Fsp3) is 0.333. The normalized spacial score (nSPS) is 13.9. The van der Waals surface area contributed by atoms with Gasteiger partial charge in [-0.2, -0.15) is 0 Å². The number of thioether (sulfide) groups is 1. The van der Waals surface area contributed by atoms with Crippen molar-refractivity contribution >= 4 is 39.3 Å². The van der Waals surface area contributed by atoms with E-state index < -0.39 is 28.5 Å². The van der Waals surface area contributed by atoms with Crippen molar-refractivity contribution in [3.05, 3.63) is 120 Å². The summed E-state index contributed by atoms with van der Waals surface area (Å²) in [5, 5.41) is 3.22. The first-order valence-electron chi connectivity index (χ1n) is 16.8. The van der Waals surface area contributed by atoms with E-state index in [2.05, 4.69) is 5.32 Å². The van der Waals surface area contributed by atoms with E-state index in [1.807, 2.05) is 74.7 Å². The van der Waals surface area contributed by atoms with Crippen LogP contribution in [0.2, 0.25) is 0 Å². The Balaban J connectivity index is 1.59. The van der Waals surface area contributed by atoms with Crippen molar-refractivity contribution in [3.8, 4) is 5.75 Å². The lowest BCUT2D eigenvalue weighted by Crippen LogP contribution is -2.54. The Morgan fingerprint density at radius 1 is 0.898 bits per heavy atom. The van der Waals surface area contributed by atoms with Crippen molar-refractivity contribution in [2.45, 2.75) is 74.4 Å². The molecule has 1 aliphatic rings. The summed E-state index contributed by atoms with van der Waals surface area (Å²) in [6, 6.07) is 30.0. The Bertz CT molecular complexity index is 1810. The van der Waals surface area contributed by atoms with Crippen molar-refractivity contribution in [2.75, 3.05) is 23.7 Å². The lowest BCUT2D eigenvalue weighted by Gasteiger charge is -2.34. The van der Waals surface area contributed by atoms with E-state index in [0.717, 1.165) is 51.6 Å². The molecule has 1 fully saturated rings. The number of ether oxygens (including phenoxy) is 1. The Labute approximate surface area is 294 Å². The highest BCUT2D eigenvalue weighted by Gasteiger charge is 2.36. The fourth-order valence-electron chi connectivity index (χ4n) is 6.26. The third kappa shape index (κ3) is 9.25. The molecule has 4 aromatic rings. The first kappa shape index (κ1) is 36.0. The zero-order valence-electron chi connectivity index (χ0n) is 28.4. The van der Waals surface area contributed by atoms with Gasteiger partial charge in [0.15, 0.2) is 0 Å². The van der Waals surface area contributed by atoms with Crippen LogP contribution in [0.15, 0.2) is 113 Å². The van der Waals surface area contributed by atoms with E-state index in [1.54, 1.807) is 53.4 Å². The van der Waals surface area contributed by atoms with Crippen molar-refractivity contribution in [1.29, 1.82) is 0 Å². The number of hydrogen-bond donors (Lipinski definition) is 1. The molecule has 0 heterocycles. The number of rotatable bonds is 15. The molecule has 49 heavy (non-hydrogen) atoms. The zero-order chi connectivity index (χ0) is 34.8. The lowest BCUT2D eigenvalue weighted by molar-refractivity contribution is -0.140. The second kappa shape index (κ2) is 16.9. The molecule has 1 N–H and O–H groups in total. The number of amides is 2. The van der Waals surface area contributed by atoms with E-state index in [4.69, 9.17) is 4.74 Å². The molecule has 258 valence electrons. The smallest absolute Gasteiger partial charge is 0.264 e. The van der Waals surface area contributed by atoms with Crippen LogP contribution in [-0.2, 0) is 32.6 Å². The van der Waals surface area contributed by atoms with E-state index >= 15 is 0 Å². The quantitative estimate of drug-likeness (QED) is 0.134. The summed E-state index contributed by atoms with van der Waals surface area (Å²) in [5.74, 6) is -0.402. The van der Waals surface area contributed by atoms with Crippen molar-refractivity contribution in [1.82, 2.24) is 10.2 Å². The van der Waals surface area contributed by atoms with Gasteiger partial charge < -0.3 is 15.0 Å². The molecule has 0 saturated heterocycles. The molecule has 0 aromatic heterocycles. The number of sulfonamides is 1. The Morgan fingerprint density at radius 2 is 1.57 bits per heavy atom. The Hall–Kier alpha value is -4.28. The maximum absolute atomic E-state index is 14.8. The van der Waals surface area contributed by atoms with E-state index in [-0.39, 0.29) is 35.5 Å². The van der Waals surface area contributed by atoms with Gasteiger partial charge in [0.2, 0.25) is 11.8 Å². The van der Waals surface area contributed by atoms with Gasteiger partial charge in [-0.15, -0.1) is 11.8 Å². The molecule has 0 radical (unpaired) electrons. The molecule has 0 bridgehead atoms. The minimum absolute atomic E-state index is 0.0425. The molecule has 4 aromatic carbocycles. The molecular formula is C39H45N3O5S2. The van der Waals surface area contributed by atoms with Crippen molar-refractivity contribution in [2.24, 2.45) is 0 Å². The van der Waals surface area contributed by atoms with E-state index in [0.29, 0.717) is 12.4 Å². The highest BCUT2D eigenvalue weighted by Crippen LogP contribution is 2.33. The van der Waals surface area contributed by atoms with Crippen molar-refractivity contribution in [3.63, 3.8) is 0 Å². The molecule has 1 saturated carbocycles. The number of benzene rings is 4. The van der Waals surface area contributed by atoms with Gasteiger partial charge >= 0.3 is 0 Å². The van der Waals surface area contributed by atoms with Crippen LogP contribution >= 0.6 is 11.8 Å². The first-order valence-corrected chi connectivity index (χ1v) is 19.4. The number of carbonyl (C=O) groups is 2. The second-order valence-electron chi connectivity index (χ2n) is 12.3. The molecular weight excluding hydrogens is 655 g/mol. The number of nitrogens with one attached hydrogen (secondary N) is 1. The number of anilines is 1. The van der Waals surface area contributed by atoms with Crippen LogP contribution in [0, 0.1) is 6.92 Å². The highest BCUT2D eigenvalue weighted by atomic mass is 32.2. The first-order chi connectivity index (χ1) is 23.7. The molecule has 0 spiro atoms. The van der Waals surface area contributed by atoms with Crippen LogP contribution in [0.4, 0.5) is 5.69 Å². The summed E-state index contributed by atoms with van der Waals surface area (Å²) in [7, 11) is -4.26. The summed E-state index contributed by atoms with van der Waals surface area (Å²) in [5.41, 5.74) is 3.01. The molecule has 1 atom stereocenters. The number of para-hydroxylation sites is 2. The highest BCUT2D eigenvalue weighted by molar-refractivity contribution is 7.98. The summed E-state index contributed by atoms with van der Waals surface area (Å²) in [6.45, 7) is 3.69. The number of aryl methyl sites for hydroxylation is 1. The van der Waals surface area contributed by atoms with Crippen LogP contribution in [0.25, 0.3) is 0 Å². The predicted molar refractivity (Wildman–Crippen MR) is 196 cm³/mol. The number of hydrogen-bond acceptors (Lipinski definition) is 6. The van der Waals surface area contributed by atoms with Gasteiger partial charge in [0.05, 0.1) is 17.2 Å². The molecule has 2 amide bonds. The van der Waals surface area contributed by atoms with Crippen LogP contribution in [0.1, 0.15) is 49.3 Å². The third-order valence-corrected chi connectivity index (χ3v) is 11.3. The Kier molecular flexibility index (Phi) is 12.4. The van der Waals surface area contributed by atoms with Crippen LogP contribution in [-0.4, -0.2) is 56.6 Å². The maximum Gasteiger partial charge on any atom is 0.264 e. The molecule has 0 aliphatic heterocycles. The summed E-state index contributed by atoms with van der Waals surface area (Å²) < 4.78 is 36.0. The molecule has 1 aliphatic carbocycles. The largest absolute Gasteiger partial charge is 0.492 e. The lowest BCUT2D eigenvalue weighted by atomic mass is 10.0. The van der Waals surface area contributed by atoms with Gasteiger partial charge in [-0.05, 0) is 80.5 Å². The maximum atomic E-state index is 14.8. The van der Waals surface area contributed by atoms with Crippen molar-refractivity contribution < 1.29 is 22.7 Å². The molecule has 5 rings (SSSR count). The third-order valence-electron chi connectivity index (χ3n) is 8.77. The monoisotopic (exact) mass is 699 g/mol. The Morgan fingerprint density at radius 3 is 2.24 bits per heavy atom. The molecule has 0 unspecified atom stereocenters. The molecule has 8 nitrogen and oxygen atoms in total. The minimum Gasteiger partial charge on any atom is -0.492 e. The van der Waals surface area contributed by atoms with Gasteiger partial charge in [0.25, 0.3) is 10.0 Å². The summed E-state index contributed by atoms with van der Waals surface area (Å²) in [4.78, 5) is 31.6. The van der Waals surface area contributed by atoms with Crippen LogP contribution in [0.3, 0.4) is 0 Å². The van der Waals surface area contributed by atoms with Crippen LogP contribution < -0.4 is 14.4 Å². The summed E-state index contributed by atoms with van der Waals surface area (Å²) >= 11 is 1.51. The standard InChI is InChI=1S/C39H45N3O5S2/c1-4-47-37-20-11-10-19-35(37)42(49(45,46)34-23-21-33(48-3)22-24-34)28-38(43)41(27-31-16-12-13-29(2)25-31)36(26-30-14-6-5-7-15-30)39(44)40-32-17-8-9-18-32/h5-7,10-16,19-25,32,36H,4,8-9,17-18,26-28H2,1-3H3,(H,40,44)/t36-/m1/s1. The average Bonchev–Trinajstić information content (AvgIpc) is 3.62. The number of nitrogens with zero attached hydrogens (tertiary/aromatic N) is 2. The van der Waals surface area contributed by atoms with Gasteiger partial charge in [0.1, 0.15) is 18.3 Å². The van der Waals surface area contributed by atoms with Crippen LogP contribution in [0.5, 0.6) is 5.75 Å². The zero-order valence-corrected chi connectivity index (χ0v) is 30.0. The topological polar surface area (TPSA) is 96.0 Å². The number of carbonyl (C=O) groups excluding carboxylic acids is 2. The van der Waals surface area contributed by atoms with E-state index in [1.165, 1.54) is 11.8 Å². The van der Waals surface area contributed by atoms with Gasteiger partial charge in [0, 0.05) is 23.9 Å². The van der Waals surface area contributed by atoms with E-state index in [9.17, 15) is 18.0 Å². The predicted octanol–water partition coefficient (Wildman–Crippen LogP) is 7.01. The fourth-order valence-corrected chi connectivity index (χ4v) is 8.09. The van der Waals surface area contributed by atoms with Gasteiger partial charge in [-0.25, -0.2) is 8.42 Å². The minimum atomic E-state index is -4.26. The molecule has 10 heteroatoms.